The van der Waals surface area contributed by atoms with Gasteiger partial charge in [0.2, 0.25) is 0 Å². The molecular formula is C12H22N2O3. The Morgan fingerprint density at radius 3 is 2.53 bits per heavy atom. The van der Waals surface area contributed by atoms with Gasteiger partial charge in [0, 0.05) is 11.6 Å². The zero-order valence-electron chi connectivity index (χ0n) is 10.7. The van der Waals surface area contributed by atoms with Crippen molar-refractivity contribution in [2.24, 2.45) is 5.92 Å². The zero-order chi connectivity index (χ0) is 13.1. The topological polar surface area (TPSA) is 78.4 Å². The van der Waals surface area contributed by atoms with Gasteiger partial charge in [-0.2, -0.15) is 0 Å². The number of aliphatic carboxylic acids is 1. The smallest absolute Gasteiger partial charge is 0.315 e. The number of hydrogen-bond acceptors (Lipinski definition) is 2. The van der Waals surface area contributed by atoms with Crippen molar-refractivity contribution >= 4 is 12.0 Å². The van der Waals surface area contributed by atoms with Crippen molar-refractivity contribution in [2.45, 2.75) is 58.0 Å². The molecule has 1 aliphatic carbocycles. The summed E-state index contributed by atoms with van der Waals surface area (Å²) in [6.07, 6.45) is 3.08. The van der Waals surface area contributed by atoms with E-state index < -0.39 is 11.9 Å². The minimum atomic E-state index is -0.817. The average Bonchev–Trinajstić information content (AvgIpc) is 2.65. The molecule has 0 aromatic carbocycles. The number of carbonyl (C=O) groups excluding carboxylic acids is 1. The fraction of sp³-hybridized carbons (Fsp3) is 0.833. The first-order chi connectivity index (χ1) is 7.85. The number of carbonyl (C=O) groups is 2. The molecule has 1 fully saturated rings. The number of amides is 2. The molecule has 5 nitrogen and oxygen atoms in total. The normalized spacial score (nSPS) is 24.4. The van der Waals surface area contributed by atoms with Gasteiger partial charge in [0.25, 0.3) is 0 Å². The van der Waals surface area contributed by atoms with Crippen LogP contribution in [0, 0.1) is 5.92 Å². The first-order valence-electron chi connectivity index (χ1n) is 6.17. The van der Waals surface area contributed by atoms with Crippen molar-refractivity contribution in [1.82, 2.24) is 10.6 Å². The molecule has 0 radical (unpaired) electrons. The van der Waals surface area contributed by atoms with Gasteiger partial charge in [-0.3, -0.25) is 4.79 Å². The van der Waals surface area contributed by atoms with E-state index >= 15 is 0 Å². The predicted molar refractivity (Wildman–Crippen MR) is 64.8 cm³/mol. The Hall–Kier alpha value is -1.26. The Balaban J connectivity index is 2.48. The number of carboxylic acid groups (broad SMARTS) is 1. The molecule has 1 rings (SSSR count). The maximum atomic E-state index is 11.7. The van der Waals surface area contributed by atoms with E-state index in [-0.39, 0.29) is 17.6 Å². The molecule has 0 spiro atoms. The van der Waals surface area contributed by atoms with E-state index in [9.17, 15) is 9.59 Å². The van der Waals surface area contributed by atoms with Crippen molar-refractivity contribution in [3.8, 4) is 0 Å². The lowest BCUT2D eigenvalue weighted by Gasteiger charge is -2.26. The highest BCUT2D eigenvalue weighted by molar-refractivity contribution is 5.77. The third kappa shape index (κ3) is 3.91. The monoisotopic (exact) mass is 242 g/mol. The molecule has 98 valence electrons. The summed E-state index contributed by atoms with van der Waals surface area (Å²) in [6.45, 7) is 5.88. The highest BCUT2D eigenvalue weighted by Crippen LogP contribution is 2.25. The Kier molecular flexibility index (Phi) is 4.37. The minimum absolute atomic E-state index is 0.236. The second-order valence-corrected chi connectivity index (χ2v) is 5.32. The molecule has 0 bridgehead atoms. The molecule has 0 aliphatic heterocycles. The van der Waals surface area contributed by atoms with Gasteiger partial charge in [0.05, 0.1) is 5.92 Å². The number of nitrogens with one attached hydrogen (secondary N) is 2. The summed E-state index contributed by atoms with van der Waals surface area (Å²) < 4.78 is 0. The second-order valence-electron chi connectivity index (χ2n) is 5.32. The maximum absolute atomic E-state index is 11.7. The summed E-state index contributed by atoms with van der Waals surface area (Å²) in [5.41, 5.74) is -0.262. The Bertz CT molecular complexity index is 302. The van der Waals surface area contributed by atoms with Crippen molar-refractivity contribution < 1.29 is 14.7 Å². The van der Waals surface area contributed by atoms with Crippen molar-refractivity contribution in [3.05, 3.63) is 0 Å². The molecule has 2 atom stereocenters. The number of carboxylic acids is 1. The van der Waals surface area contributed by atoms with Gasteiger partial charge in [-0.25, -0.2) is 4.79 Å². The van der Waals surface area contributed by atoms with E-state index in [1.165, 1.54) is 0 Å². The van der Waals surface area contributed by atoms with Gasteiger partial charge in [-0.1, -0.05) is 13.3 Å². The molecule has 0 aromatic heterocycles. The van der Waals surface area contributed by atoms with E-state index in [1.807, 2.05) is 20.8 Å². The van der Waals surface area contributed by atoms with Gasteiger partial charge < -0.3 is 15.7 Å². The van der Waals surface area contributed by atoms with E-state index in [4.69, 9.17) is 5.11 Å². The zero-order valence-corrected chi connectivity index (χ0v) is 10.7. The van der Waals surface area contributed by atoms with Crippen LogP contribution in [-0.2, 0) is 4.79 Å². The first kappa shape index (κ1) is 13.8. The molecule has 17 heavy (non-hydrogen) atoms. The Morgan fingerprint density at radius 2 is 2.00 bits per heavy atom. The van der Waals surface area contributed by atoms with Crippen LogP contribution in [0.3, 0.4) is 0 Å². The van der Waals surface area contributed by atoms with Crippen LogP contribution in [-0.4, -0.2) is 28.7 Å². The summed E-state index contributed by atoms with van der Waals surface area (Å²) in [5, 5.41) is 14.6. The predicted octanol–water partition coefficient (Wildman–Crippen LogP) is 1.73. The standard InChI is InChI=1S/C12H22N2O3/c1-4-12(2,3)14-11(17)13-9-7-5-6-8(9)10(15)16/h8-9H,4-7H2,1-3H3,(H,15,16)(H2,13,14,17). The van der Waals surface area contributed by atoms with Gasteiger partial charge in [-0.15, -0.1) is 0 Å². The van der Waals surface area contributed by atoms with E-state index in [1.54, 1.807) is 0 Å². The number of hydrogen-bond donors (Lipinski definition) is 3. The third-order valence-electron chi connectivity index (χ3n) is 3.49. The molecule has 0 aromatic rings. The molecule has 0 heterocycles. The molecule has 2 unspecified atom stereocenters. The second kappa shape index (κ2) is 5.38. The quantitative estimate of drug-likeness (QED) is 0.702. The van der Waals surface area contributed by atoms with Gasteiger partial charge >= 0.3 is 12.0 Å². The van der Waals surface area contributed by atoms with Crippen molar-refractivity contribution in [2.75, 3.05) is 0 Å². The van der Waals surface area contributed by atoms with Crippen LogP contribution in [0.25, 0.3) is 0 Å². The maximum Gasteiger partial charge on any atom is 0.315 e. The molecule has 5 heteroatoms. The molecule has 3 N–H and O–H groups in total. The summed E-state index contributed by atoms with van der Waals surface area (Å²) in [6, 6.07) is -0.504. The highest BCUT2D eigenvalue weighted by Gasteiger charge is 2.34. The highest BCUT2D eigenvalue weighted by atomic mass is 16.4. The van der Waals surface area contributed by atoms with Crippen molar-refractivity contribution in [3.63, 3.8) is 0 Å². The fourth-order valence-corrected chi connectivity index (χ4v) is 2.03. The molecule has 1 aliphatic rings. The SMILES string of the molecule is CCC(C)(C)NC(=O)NC1CCCC1C(=O)O. The molecular weight excluding hydrogens is 220 g/mol. The lowest BCUT2D eigenvalue weighted by atomic mass is 10.0. The first-order valence-corrected chi connectivity index (χ1v) is 6.17. The average molecular weight is 242 g/mol. The largest absolute Gasteiger partial charge is 0.481 e. The lowest BCUT2D eigenvalue weighted by Crippen LogP contribution is -2.52. The minimum Gasteiger partial charge on any atom is -0.481 e. The Labute approximate surface area is 102 Å². The lowest BCUT2D eigenvalue weighted by molar-refractivity contribution is -0.142. The van der Waals surface area contributed by atoms with Crippen LogP contribution in [0.2, 0.25) is 0 Å². The molecule has 0 saturated heterocycles. The summed E-state index contributed by atoms with van der Waals surface area (Å²) >= 11 is 0. The van der Waals surface area contributed by atoms with Crippen LogP contribution in [0.5, 0.6) is 0 Å². The summed E-state index contributed by atoms with van der Waals surface area (Å²) in [4.78, 5) is 22.7. The van der Waals surface area contributed by atoms with Crippen LogP contribution in [0.1, 0.15) is 46.5 Å². The molecule has 2 amide bonds. The van der Waals surface area contributed by atoms with Gasteiger partial charge in [-0.05, 0) is 33.1 Å². The molecule has 1 saturated carbocycles. The van der Waals surface area contributed by atoms with Gasteiger partial charge in [0.15, 0.2) is 0 Å². The van der Waals surface area contributed by atoms with Crippen LogP contribution in [0.4, 0.5) is 4.79 Å². The van der Waals surface area contributed by atoms with E-state index in [2.05, 4.69) is 10.6 Å². The summed E-state index contributed by atoms with van der Waals surface area (Å²) in [7, 11) is 0. The summed E-state index contributed by atoms with van der Waals surface area (Å²) in [5.74, 6) is -1.26. The van der Waals surface area contributed by atoms with Crippen molar-refractivity contribution in [1.29, 1.82) is 0 Å². The number of urea groups is 1. The number of rotatable bonds is 4. The third-order valence-corrected chi connectivity index (χ3v) is 3.49. The van der Waals surface area contributed by atoms with Gasteiger partial charge in [0.1, 0.15) is 0 Å². The van der Waals surface area contributed by atoms with Crippen LogP contribution < -0.4 is 10.6 Å². The van der Waals surface area contributed by atoms with Crippen LogP contribution >= 0.6 is 0 Å². The van der Waals surface area contributed by atoms with Crippen LogP contribution in [0.15, 0.2) is 0 Å². The Morgan fingerprint density at radius 1 is 1.35 bits per heavy atom. The fourth-order valence-electron chi connectivity index (χ4n) is 2.03. The van der Waals surface area contributed by atoms with E-state index in [0.717, 1.165) is 19.3 Å². The van der Waals surface area contributed by atoms with E-state index in [0.29, 0.717) is 6.42 Å².